The first-order chi connectivity index (χ1) is 9.20. The second-order valence-corrected chi connectivity index (χ2v) is 4.39. The van der Waals surface area contributed by atoms with Crippen LogP contribution in [0.25, 0.3) is 0 Å². The molecule has 1 aromatic rings. The third-order valence-electron chi connectivity index (χ3n) is 2.90. The lowest BCUT2D eigenvalue weighted by Crippen LogP contribution is -2.30. The van der Waals surface area contributed by atoms with Crippen LogP contribution < -0.4 is 16.2 Å². The first-order valence-electron chi connectivity index (χ1n) is 6.26. The van der Waals surface area contributed by atoms with Gasteiger partial charge in [-0.15, -0.1) is 0 Å². The predicted octanol–water partition coefficient (Wildman–Crippen LogP) is -1.00. The molecular weight excluding hydrogens is 248 g/mol. The molecule has 7 heteroatoms. The van der Waals surface area contributed by atoms with E-state index in [-0.39, 0.29) is 24.6 Å². The minimum atomic E-state index is -0.225. The number of aromatic nitrogens is 2. The number of hydrogen-bond donors (Lipinski definition) is 2. The lowest BCUT2D eigenvalue weighted by molar-refractivity contribution is -0.124. The Morgan fingerprint density at radius 3 is 3.26 bits per heavy atom. The topological polar surface area (TPSA) is 85.2 Å². The average Bonchev–Trinajstić information content (AvgIpc) is 2.62. The zero-order valence-corrected chi connectivity index (χ0v) is 10.9. The molecule has 1 aliphatic rings. The fourth-order valence-electron chi connectivity index (χ4n) is 2.00. The zero-order valence-electron chi connectivity index (χ0n) is 10.9. The molecule has 0 bridgehead atoms. The highest BCUT2D eigenvalue weighted by atomic mass is 16.5. The molecule has 0 unspecified atom stereocenters. The summed E-state index contributed by atoms with van der Waals surface area (Å²) in [5.41, 5.74) is 0.508. The lowest BCUT2D eigenvalue weighted by Gasteiger charge is -2.10. The van der Waals surface area contributed by atoms with Crippen molar-refractivity contribution in [2.75, 3.05) is 20.3 Å². The van der Waals surface area contributed by atoms with Crippen LogP contribution in [-0.2, 0) is 29.2 Å². The summed E-state index contributed by atoms with van der Waals surface area (Å²) in [5.74, 6) is 0.499. The molecule has 2 rings (SSSR count). The van der Waals surface area contributed by atoms with Crippen molar-refractivity contribution >= 4 is 5.91 Å². The molecule has 19 heavy (non-hydrogen) atoms. The van der Waals surface area contributed by atoms with E-state index in [1.807, 2.05) is 0 Å². The van der Waals surface area contributed by atoms with E-state index in [4.69, 9.17) is 4.74 Å². The van der Waals surface area contributed by atoms with Gasteiger partial charge in [-0.05, 0) is 13.0 Å². The normalized spacial score (nSPS) is 14.6. The van der Waals surface area contributed by atoms with Crippen LogP contribution in [0.1, 0.15) is 17.9 Å². The van der Waals surface area contributed by atoms with Gasteiger partial charge in [0.15, 0.2) is 0 Å². The molecule has 0 saturated carbocycles. The molecular formula is C12H18N4O3. The van der Waals surface area contributed by atoms with Gasteiger partial charge < -0.3 is 15.4 Å². The fraction of sp³-hybridized carbons (Fsp3) is 0.583. The number of fused-ring (bicyclic) bond motifs is 1. The summed E-state index contributed by atoms with van der Waals surface area (Å²) in [4.78, 5) is 27.7. The van der Waals surface area contributed by atoms with Crippen LogP contribution in [0.3, 0.4) is 0 Å². The van der Waals surface area contributed by atoms with E-state index < -0.39 is 0 Å². The van der Waals surface area contributed by atoms with E-state index in [0.717, 1.165) is 18.8 Å². The molecule has 0 fully saturated rings. The number of amides is 1. The molecule has 0 radical (unpaired) electrons. The Bertz CT molecular complexity index is 512. The standard InChI is InChI=1S/C12H18N4O3/c1-19-8-11(17)14-6-9-5-12(18)16-4-2-3-13-7-10(16)15-9/h5,13H,2-4,6-8H2,1H3,(H,14,17). The van der Waals surface area contributed by atoms with Gasteiger partial charge in [-0.25, -0.2) is 4.98 Å². The van der Waals surface area contributed by atoms with Gasteiger partial charge >= 0.3 is 0 Å². The molecule has 1 amide bonds. The van der Waals surface area contributed by atoms with Crippen LogP contribution in [0, 0.1) is 0 Å². The van der Waals surface area contributed by atoms with Gasteiger partial charge in [0.05, 0.1) is 18.8 Å². The second kappa shape index (κ2) is 6.44. The molecule has 0 aliphatic carbocycles. The first kappa shape index (κ1) is 13.7. The largest absolute Gasteiger partial charge is 0.375 e. The van der Waals surface area contributed by atoms with Crippen molar-refractivity contribution in [1.29, 1.82) is 0 Å². The Labute approximate surface area is 111 Å². The van der Waals surface area contributed by atoms with Crippen LogP contribution in [0.5, 0.6) is 0 Å². The van der Waals surface area contributed by atoms with Crippen molar-refractivity contribution in [2.45, 2.75) is 26.1 Å². The Morgan fingerprint density at radius 2 is 2.47 bits per heavy atom. The van der Waals surface area contributed by atoms with Crippen molar-refractivity contribution in [3.63, 3.8) is 0 Å². The lowest BCUT2D eigenvalue weighted by atomic mass is 10.3. The van der Waals surface area contributed by atoms with Crippen LogP contribution in [0.2, 0.25) is 0 Å². The van der Waals surface area contributed by atoms with Crippen molar-refractivity contribution in [3.8, 4) is 0 Å². The maximum Gasteiger partial charge on any atom is 0.253 e. The molecule has 1 aromatic heterocycles. The van der Waals surface area contributed by atoms with Gasteiger partial charge in [0, 0.05) is 19.7 Å². The molecule has 0 aromatic carbocycles. The van der Waals surface area contributed by atoms with E-state index in [2.05, 4.69) is 15.6 Å². The van der Waals surface area contributed by atoms with Crippen molar-refractivity contribution < 1.29 is 9.53 Å². The second-order valence-electron chi connectivity index (χ2n) is 4.39. The summed E-state index contributed by atoms with van der Waals surface area (Å²) in [6.07, 6.45) is 0.915. The number of nitrogens with one attached hydrogen (secondary N) is 2. The van der Waals surface area contributed by atoms with E-state index in [9.17, 15) is 9.59 Å². The fourth-order valence-corrected chi connectivity index (χ4v) is 2.00. The smallest absolute Gasteiger partial charge is 0.253 e. The number of carbonyl (C=O) groups excluding carboxylic acids is 1. The molecule has 1 aliphatic heterocycles. The van der Waals surface area contributed by atoms with E-state index in [1.165, 1.54) is 13.2 Å². The Morgan fingerprint density at radius 1 is 1.63 bits per heavy atom. The highest BCUT2D eigenvalue weighted by Gasteiger charge is 2.11. The van der Waals surface area contributed by atoms with Crippen molar-refractivity contribution in [3.05, 3.63) is 27.9 Å². The van der Waals surface area contributed by atoms with Gasteiger partial charge in [-0.1, -0.05) is 0 Å². The van der Waals surface area contributed by atoms with E-state index in [0.29, 0.717) is 18.8 Å². The summed E-state index contributed by atoms with van der Waals surface area (Å²) in [5, 5.41) is 5.87. The molecule has 2 heterocycles. The van der Waals surface area contributed by atoms with Gasteiger partial charge in [-0.3, -0.25) is 14.2 Å². The SMILES string of the molecule is COCC(=O)NCc1cc(=O)n2c(n1)CNCCC2. The van der Waals surface area contributed by atoms with E-state index in [1.54, 1.807) is 4.57 Å². The van der Waals surface area contributed by atoms with Gasteiger partial charge in [0.25, 0.3) is 5.56 Å². The third-order valence-corrected chi connectivity index (χ3v) is 2.90. The Kier molecular flexibility index (Phi) is 4.64. The average molecular weight is 266 g/mol. The third kappa shape index (κ3) is 3.62. The maximum absolute atomic E-state index is 12.0. The summed E-state index contributed by atoms with van der Waals surface area (Å²) >= 11 is 0. The quantitative estimate of drug-likeness (QED) is 0.730. The van der Waals surface area contributed by atoms with Gasteiger partial charge in [0.1, 0.15) is 12.4 Å². The zero-order chi connectivity index (χ0) is 13.7. The summed E-state index contributed by atoms with van der Waals surface area (Å²) in [7, 11) is 1.46. The molecule has 104 valence electrons. The number of hydrogen-bond acceptors (Lipinski definition) is 5. The van der Waals surface area contributed by atoms with Crippen molar-refractivity contribution in [2.24, 2.45) is 0 Å². The minimum Gasteiger partial charge on any atom is -0.375 e. The number of rotatable bonds is 4. The number of methoxy groups -OCH3 is 1. The van der Waals surface area contributed by atoms with Gasteiger partial charge in [0.2, 0.25) is 5.91 Å². The minimum absolute atomic E-state index is 0.00543. The Hall–Kier alpha value is -1.73. The number of ether oxygens (including phenoxy) is 1. The molecule has 7 nitrogen and oxygen atoms in total. The van der Waals surface area contributed by atoms with E-state index >= 15 is 0 Å². The Balaban J connectivity index is 2.10. The van der Waals surface area contributed by atoms with Crippen LogP contribution in [-0.4, -0.2) is 35.7 Å². The van der Waals surface area contributed by atoms with Crippen LogP contribution >= 0.6 is 0 Å². The van der Waals surface area contributed by atoms with Crippen LogP contribution in [0.15, 0.2) is 10.9 Å². The molecule has 2 N–H and O–H groups in total. The highest BCUT2D eigenvalue weighted by Crippen LogP contribution is 2.01. The van der Waals surface area contributed by atoms with Crippen molar-refractivity contribution in [1.82, 2.24) is 20.2 Å². The summed E-state index contributed by atoms with van der Waals surface area (Å²) in [6.45, 7) is 2.39. The predicted molar refractivity (Wildman–Crippen MR) is 68.5 cm³/mol. The van der Waals surface area contributed by atoms with Gasteiger partial charge in [-0.2, -0.15) is 0 Å². The summed E-state index contributed by atoms with van der Waals surface area (Å²) in [6, 6.07) is 1.47. The molecule has 0 spiro atoms. The highest BCUT2D eigenvalue weighted by molar-refractivity contribution is 5.77. The van der Waals surface area contributed by atoms with Crippen LogP contribution in [0.4, 0.5) is 0 Å². The first-order valence-corrected chi connectivity index (χ1v) is 6.26. The number of carbonyl (C=O) groups is 1. The summed E-state index contributed by atoms with van der Waals surface area (Å²) < 4.78 is 6.40. The maximum atomic E-state index is 12.0. The molecule has 0 atom stereocenters. The monoisotopic (exact) mass is 266 g/mol. The number of nitrogens with zero attached hydrogens (tertiary/aromatic N) is 2. The molecule has 0 saturated heterocycles.